The van der Waals surface area contributed by atoms with Crippen LogP contribution in [-0.2, 0) is 4.57 Å². The van der Waals surface area contributed by atoms with Crippen molar-refractivity contribution < 1.29 is 77.2 Å². The van der Waals surface area contributed by atoms with E-state index in [1.165, 1.54) is 148 Å². The van der Waals surface area contributed by atoms with Gasteiger partial charge in [0.25, 0.3) is 0 Å². The second kappa shape index (κ2) is 33.7. The number of unbranched alkanes of at least 4 members (excludes halogenated alkanes) is 23. The van der Waals surface area contributed by atoms with Gasteiger partial charge in [0.1, 0.15) is 0 Å². The van der Waals surface area contributed by atoms with E-state index in [0.29, 0.717) is 6.61 Å². The monoisotopic (exact) mass is 520 g/mol. The van der Waals surface area contributed by atoms with Crippen molar-refractivity contribution in [3.8, 4) is 0 Å². The predicted molar refractivity (Wildman–Crippen MR) is 139 cm³/mol. The first-order valence-corrected chi connectivity index (χ1v) is 15.4. The van der Waals surface area contributed by atoms with Gasteiger partial charge >= 0.3 is 59.2 Å². The minimum atomic E-state index is -4.64. The van der Waals surface area contributed by atoms with Crippen LogP contribution in [0.1, 0.15) is 162 Å². The van der Waals surface area contributed by atoms with Crippen LogP contribution in [0.15, 0.2) is 0 Å². The van der Waals surface area contributed by atoms with Gasteiger partial charge in [0.15, 0.2) is 0 Å². The standard InChI is InChI=1S/C26H54O.K.H3O4P.H/c1-2-3-4-5-6-7-8-9-10-11-12-13-14-15-16-17-18-19-20-21-22-23-24-25-26-27;;1-5(2,3)4;/h27H,2-26H2,1H3;;(H3,1,2,3,4);/q;+1;;-1. The molecule has 0 aliphatic carbocycles. The van der Waals surface area contributed by atoms with E-state index < -0.39 is 7.82 Å². The van der Waals surface area contributed by atoms with E-state index in [9.17, 15) is 0 Å². The van der Waals surface area contributed by atoms with Crippen molar-refractivity contribution in [2.45, 2.75) is 161 Å². The first kappa shape index (κ1) is 39.2. The third kappa shape index (κ3) is 51.3. The molecule has 0 atom stereocenters. The summed E-state index contributed by atoms with van der Waals surface area (Å²) in [6.45, 7) is 2.67. The summed E-state index contributed by atoms with van der Waals surface area (Å²) >= 11 is 0. The van der Waals surface area contributed by atoms with Crippen LogP contribution in [-0.4, -0.2) is 26.4 Å². The molecule has 0 aliphatic heterocycles. The molecule has 5 nitrogen and oxygen atoms in total. The van der Waals surface area contributed by atoms with E-state index in [1.54, 1.807) is 0 Å². The van der Waals surface area contributed by atoms with E-state index in [1.807, 2.05) is 0 Å². The van der Waals surface area contributed by atoms with E-state index in [4.69, 9.17) is 24.4 Å². The van der Waals surface area contributed by atoms with Crippen LogP contribution in [0.2, 0.25) is 0 Å². The van der Waals surface area contributed by atoms with Crippen molar-refractivity contribution in [3.63, 3.8) is 0 Å². The predicted octanol–water partition coefficient (Wildman–Crippen LogP) is 5.55. The van der Waals surface area contributed by atoms with Gasteiger partial charge in [-0.3, -0.25) is 0 Å². The van der Waals surface area contributed by atoms with E-state index in [0.717, 1.165) is 6.42 Å². The Morgan fingerprint density at radius 1 is 0.455 bits per heavy atom. The molecule has 0 spiro atoms. The van der Waals surface area contributed by atoms with E-state index in [-0.39, 0.29) is 52.8 Å². The Bertz CT molecular complexity index is 354. The van der Waals surface area contributed by atoms with Crippen LogP contribution in [0.25, 0.3) is 0 Å². The maximum absolute atomic E-state index is 8.88. The molecule has 0 saturated carbocycles. The van der Waals surface area contributed by atoms with Crippen molar-refractivity contribution >= 4 is 7.82 Å². The van der Waals surface area contributed by atoms with Gasteiger partial charge in [0.2, 0.25) is 0 Å². The van der Waals surface area contributed by atoms with E-state index in [2.05, 4.69) is 6.92 Å². The fraction of sp³-hybridized carbons (Fsp3) is 1.00. The fourth-order valence-electron chi connectivity index (χ4n) is 4.07. The summed E-state index contributed by atoms with van der Waals surface area (Å²) in [5.41, 5.74) is 0. The molecule has 33 heavy (non-hydrogen) atoms. The Labute approximate surface area is 250 Å². The summed E-state index contributed by atoms with van der Waals surface area (Å²) in [6.07, 6.45) is 34.1. The average Bonchev–Trinajstić information content (AvgIpc) is 2.73. The molecule has 0 aromatic rings. The van der Waals surface area contributed by atoms with Crippen LogP contribution >= 0.6 is 7.82 Å². The number of phosphoric acid groups is 1. The molecule has 0 saturated heterocycles. The zero-order valence-corrected chi connectivity index (χ0v) is 26.3. The largest absolute Gasteiger partial charge is 1.00 e. The second-order valence-electron chi connectivity index (χ2n) is 9.37. The number of aliphatic hydroxyl groups is 1. The minimum Gasteiger partial charge on any atom is -1.00 e. The fourth-order valence-corrected chi connectivity index (χ4v) is 4.07. The van der Waals surface area contributed by atoms with Crippen molar-refractivity contribution in [1.29, 1.82) is 0 Å². The van der Waals surface area contributed by atoms with Gasteiger partial charge in [-0.1, -0.05) is 155 Å². The third-order valence-electron chi connectivity index (χ3n) is 6.01. The van der Waals surface area contributed by atoms with Crippen LogP contribution in [0.4, 0.5) is 0 Å². The molecule has 0 fully saturated rings. The van der Waals surface area contributed by atoms with E-state index >= 15 is 0 Å². The number of hydrogen-bond acceptors (Lipinski definition) is 2. The molecule has 198 valence electrons. The van der Waals surface area contributed by atoms with Gasteiger partial charge in [-0.05, 0) is 6.42 Å². The molecular weight excluding hydrogens is 462 g/mol. The summed E-state index contributed by atoms with van der Waals surface area (Å²) in [6, 6.07) is 0. The molecule has 0 aliphatic rings. The first-order valence-electron chi connectivity index (χ1n) is 13.8. The van der Waals surface area contributed by atoms with Gasteiger partial charge in [0, 0.05) is 6.61 Å². The molecule has 0 aromatic heterocycles. The zero-order valence-electron chi connectivity index (χ0n) is 23.3. The van der Waals surface area contributed by atoms with Crippen LogP contribution in [0.3, 0.4) is 0 Å². The number of aliphatic hydroxyl groups excluding tert-OH is 1. The number of hydrogen-bond donors (Lipinski definition) is 4. The van der Waals surface area contributed by atoms with Crippen LogP contribution in [0, 0.1) is 0 Å². The molecule has 0 bridgehead atoms. The molecular formula is C26H58KO5P. The number of rotatable bonds is 24. The SMILES string of the molecule is CCCCCCCCCCCCCCCCCCCCCCCCCCO.O=P(O)(O)O.[H-].[K+]. The van der Waals surface area contributed by atoms with Crippen molar-refractivity contribution in [3.05, 3.63) is 0 Å². The molecule has 0 amide bonds. The Kier molecular flexibility index (Phi) is 40.1. The molecule has 7 heteroatoms. The van der Waals surface area contributed by atoms with Crippen molar-refractivity contribution in [2.24, 2.45) is 0 Å². The molecule has 0 radical (unpaired) electrons. The quantitative estimate of drug-likeness (QED) is 0.0760. The third-order valence-corrected chi connectivity index (χ3v) is 6.01. The molecule has 0 heterocycles. The Balaban J connectivity index is -0.000000578. The summed E-state index contributed by atoms with van der Waals surface area (Å²) in [7, 11) is -4.64. The molecule has 4 N–H and O–H groups in total. The van der Waals surface area contributed by atoms with Gasteiger partial charge in [-0.15, -0.1) is 0 Å². The van der Waals surface area contributed by atoms with Gasteiger partial charge in [-0.2, -0.15) is 0 Å². The Hall–Kier alpha value is 1.71. The normalized spacial score (nSPS) is 11.1. The maximum atomic E-state index is 8.88. The molecule has 0 aromatic carbocycles. The molecule has 0 unspecified atom stereocenters. The van der Waals surface area contributed by atoms with Crippen molar-refractivity contribution in [1.82, 2.24) is 0 Å². The zero-order chi connectivity index (χ0) is 24.2. The summed E-state index contributed by atoms with van der Waals surface area (Å²) in [5.74, 6) is 0. The summed E-state index contributed by atoms with van der Waals surface area (Å²) in [4.78, 5) is 21.6. The minimum absolute atomic E-state index is 0. The van der Waals surface area contributed by atoms with Crippen LogP contribution in [0.5, 0.6) is 0 Å². The van der Waals surface area contributed by atoms with Gasteiger partial charge < -0.3 is 21.2 Å². The van der Waals surface area contributed by atoms with Gasteiger partial charge in [-0.25, -0.2) is 4.57 Å². The Morgan fingerprint density at radius 3 is 0.758 bits per heavy atom. The average molecular weight is 521 g/mol. The van der Waals surface area contributed by atoms with Crippen molar-refractivity contribution in [2.75, 3.05) is 6.61 Å². The smallest absolute Gasteiger partial charge is 1.00 e. The maximum Gasteiger partial charge on any atom is 1.00 e. The topological polar surface area (TPSA) is 98.0 Å². The first-order chi connectivity index (χ1) is 15.4. The summed E-state index contributed by atoms with van der Waals surface area (Å²) < 4.78 is 8.88. The van der Waals surface area contributed by atoms with Crippen LogP contribution < -0.4 is 51.4 Å². The molecule has 0 rings (SSSR count). The van der Waals surface area contributed by atoms with Gasteiger partial charge in [0.05, 0.1) is 0 Å². The summed E-state index contributed by atoms with van der Waals surface area (Å²) in [5, 5.41) is 8.74. The Morgan fingerprint density at radius 2 is 0.606 bits per heavy atom. The second-order valence-corrected chi connectivity index (χ2v) is 10.4.